The lowest BCUT2D eigenvalue weighted by Gasteiger charge is -2.06. The van der Waals surface area contributed by atoms with Crippen LogP contribution in [0, 0.1) is 0 Å². The first-order valence-electron chi connectivity index (χ1n) is 4.84. The van der Waals surface area contributed by atoms with Gasteiger partial charge in [-0.3, -0.25) is 9.59 Å². The van der Waals surface area contributed by atoms with Crippen LogP contribution >= 0.6 is 0 Å². The molecule has 0 radical (unpaired) electrons. The molecule has 0 fully saturated rings. The van der Waals surface area contributed by atoms with E-state index in [0.717, 1.165) is 0 Å². The quantitative estimate of drug-likeness (QED) is 0.233. The number of unbranched alkanes of at least 4 members (excludes halogenated alkanes) is 1. The van der Waals surface area contributed by atoms with Crippen molar-refractivity contribution >= 4 is 11.9 Å². The summed E-state index contributed by atoms with van der Waals surface area (Å²) in [6, 6.07) is -0.848. The molecule has 0 aliphatic carbocycles. The Bertz CT molecular complexity index is 287. The third kappa shape index (κ3) is 7.60. The number of carboxylic acids is 1. The summed E-state index contributed by atoms with van der Waals surface area (Å²) < 4.78 is 0. The predicted molar refractivity (Wildman–Crippen MR) is 56.5 cm³/mol. The zero-order chi connectivity index (χ0) is 12.4. The molecule has 8 nitrogen and oxygen atoms in total. The van der Waals surface area contributed by atoms with E-state index in [1.165, 1.54) is 0 Å². The van der Waals surface area contributed by atoms with Crippen molar-refractivity contribution < 1.29 is 14.7 Å². The van der Waals surface area contributed by atoms with Gasteiger partial charge in [0.2, 0.25) is 5.91 Å². The molecule has 0 aliphatic heterocycles. The minimum Gasteiger partial charge on any atom is -0.480 e. The first-order chi connectivity index (χ1) is 7.57. The fourth-order valence-corrected chi connectivity index (χ4v) is 0.992. The van der Waals surface area contributed by atoms with Gasteiger partial charge in [0.15, 0.2) is 0 Å². The molecule has 1 atom stereocenters. The van der Waals surface area contributed by atoms with Crippen LogP contribution in [0.1, 0.15) is 19.3 Å². The van der Waals surface area contributed by atoms with Crippen molar-refractivity contribution in [2.45, 2.75) is 25.3 Å². The normalized spacial score (nSPS) is 11.3. The van der Waals surface area contributed by atoms with E-state index in [1.54, 1.807) is 0 Å². The standard InChI is InChI=1S/C8H15N5O3/c9-6(8(15)16)3-1-2-4-11-7(14)5-12-13-10/h6H,1-5,9H2,(H,11,14)(H,15,16). The molecule has 16 heavy (non-hydrogen) atoms. The zero-order valence-corrected chi connectivity index (χ0v) is 8.80. The smallest absolute Gasteiger partial charge is 0.320 e. The second kappa shape index (κ2) is 8.51. The molecule has 0 heterocycles. The van der Waals surface area contributed by atoms with E-state index < -0.39 is 12.0 Å². The Kier molecular flexibility index (Phi) is 7.56. The van der Waals surface area contributed by atoms with E-state index in [2.05, 4.69) is 15.3 Å². The van der Waals surface area contributed by atoms with E-state index in [0.29, 0.717) is 25.8 Å². The van der Waals surface area contributed by atoms with Gasteiger partial charge in [-0.05, 0) is 24.8 Å². The molecule has 4 N–H and O–H groups in total. The van der Waals surface area contributed by atoms with Gasteiger partial charge in [-0.15, -0.1) is 0 Å². The van der Waals surface area contributed by atoms with Crippen LogP contribution in [0.3, 0.4) is 0 Å². The summed E-state index contributed by atoms with van der Waals surface area (Å²) in [5.74, 6) is -1.37. The van der Waals surface area contributed by atoms with Crippen LogP contribution in [0.5, 0.6) is 0 Å². The highest BCUT2D eigenvalue weighted by Crippen LogP contribution is 1.98. The molecule has 90 valence electrons. The van der Waals surface area contributed by atoms with Gasteiger partial charge >= 0.3 is 5.97 Å². The van der Waals surface area contributed by atoms with Gasteiger partial charge in [-0.1, -0.05) is 5.11 Å². The van der Waals surface area contributed by atoms with E-state index >= 15 is 0 Å². The van der Waals surface area contributed by atoms with E-state index in [9.17, 15) is 9.59 Å². The molecular formula is C8H15N5O3. The molecule has 0 aromatic heterocycles. The first kappa shape index (κ1) is 14.2. The minimum absolute atomic E-state index is 0.217. The second-order valence-electron chi connectivity index (χ2n) is 3.18. The topological polar surface area (TPSA) is 141 Å². The Labute approximate surface area is 92.4 Å². The zero-order valence-electron chi connectivity index (χ0n) is 8.80. The van der Waals surface area contributed by atoms with Crippen molar-refractivity contribution in [3.05, 3.63) is 10.4 Å². The number of azide groups is 1. The number of carbonyl (C=O) groups is 2. The van der Waals surface area contributed by atoms with Gasteiger partial charge in [-0.25, -0.2) is 0 Å². The molecule has 0 spiro atoms. The van der Waals surface area contributed by atoms with Crippen LogP contribution in [0.2, 0.25) is 0 Å². The largest absolute Gasteiger partial charge is 0.480 e. The molecule has 0 rings (SSSR count). The third-order valence-corrected chi connectivity index (χ3v) is 1.86. The molecule has 0 saturated carbocycles. The van der Waals surface area contributed by atoms with E-state index in [-0.39, 0.29) is 12.5 Å². The molecule has 0 aromatic rings. The molecule has 0 saturated heterocycles. The Balaban J connectivity index is 3.43. The van der Waals surface area contributed by atoms with Gasteiger partial charge in [-0.2, -0.15) is 0 Å². The highest BCUT2D eigenvalue weighted by molar-refractivity contribution is 5.78. The molecule has 0 aromatic carbocycles. The highest BCUT2D eigenvalue weighted by atomic mass is 16.4. The van der Waals surface area contributed by atoms with Crippen molar-refractivity contribution in [1.82, 2.24) is 5.32 Å². The summed E-state index contributed by atoms with van der Waals surface area (Å²) in [5.41, 5.74) is 13.2. The number of hydrogen-bond donors (Lipinski definition) is 3. The van der Waals surface area contributed by atoms with Gasteiger partial charge in [0.05, 0.1) is 0 Å². The lowest BCUT2D eigenvalue weighted by molar-refractivity contribution is -0.138. The molecule has 0 bridgehead atoms. The van der Waals surface area contributed by atoms with Crippen LogP contribution in [0.15, 0.2) is 5.11 Å². The number of amides is 1. The summed E-state index contributed by atoms with van der Waals surface area (Å²) in [5, 5.41) is 14.1. The Hall–Kier alpha value is -1.79. The van der Waals surface area contributed by atoms with Crippen molar-refractivity contribution in [2.24, 2.45) is 10.8 Å². The Morgan fingerprint density at radius 1 is 1.50 bits per heavy atom. The lowest BCUT2D eigenvalue weighted by Crippen LogP contribution is -2.30. The maximum atomic E-state index is 10.9. The SMILES string of the molecule is [N-]=[N+]=NCC(=O)NCCCCC(N)C(=O)O. The number of carboxylic acid groups (broad SMARTS) is 1. The van der Waals surface area contributed by atoms with Crippen molar-refractivity contribution in [3.8, 4) is 0 Å². The molecular weight excluding hydrogens is 214 g/mol. The molecule has 1 amide bonds. The predicted octanol–water partition coefficient (Wildman–Crippen LogP) is -0.00490. The van der Waals surface area contributed by atoms with Gasteiger partial charge in [0.25, 0.3) is 0 Å². The summed E-state index contributed by atoms with van der Waals surface area (Å²) >= 11 is 0. The summed E-state index contributed by atoms with van der Waals surface area (Å²) in [6.45, 7) is 0.206. The summed E-state index contributed by atoms with van der Waals surface area (Å²) in [4.78, 5) is 23.7. The Morgan fingerprint density at radius 3 is 2.75 bits per heavy atom. The lowest BCUT2D eigenvalue weighted by atomic mass is 10.1. The maximum absolute atomic E-state index is 10.9. The fourth-order valence-electron chi connectivity index (χ4n) is 0.992. The highest BCUT2D eigenvalue weighted by Gasteiger charge is 2.09. The molecule has 8 heteroatoms. The number of hydrogen-bond acceptors (Lipinski definition) is 4. The van der Waals surface area contributed by atoms with Crippen LogP contribution in [0.4, 0.5) is 0 Å². The van der Waals surface area contributed by atoms with Crippen molar-refractivity contribution in [3.63, 3.8) is 0 Å². The van der Waals surface area contributed by atoms with Crippen LogP contribution < -0.4 is 11.1 Å². The summed E-state index contributed by atoms with van der Waals surface area (Å²) in [6.07, 6.45) is 1.64. The van der Waals surface area contributed by atoms with Crippen molar-refractivity contribution in [1.29, 1.82) is 0 Å². The Morgan fingerprint density at radius 2 is 2.19 bits per heavy atom. The average Bonchev–Trinajstić information content (AvgIpc) is 2.25. The monoisotopic (exact) mass is 229 g/mol. The number of rotatable bonds is 8. The van der Waals surface area contributed by atoms with Gasteiger partial charge in [0, 0.05) is 11.5 Å². The molecule has 0 aliphatic rings. The van der Waals surface area contributed by atoms with Gasteiger partial charge < -0.3 is 16.2 Å². The minimum atomic E-state index is -1.02. The number of nitrogens with zero attached hydrogens (tertiary/aromatic N) is 3. The second-order valence-corrected chi connectivity index (χ2v) is 3.18. The number of carbonyl (C=O) groups excluding carboxylic acids is 1. The first-order valence-corrected chi connectivity index (χ1v) is 4.84. The average molecular weight is 229 g/mol. The van der Waals surface area contributed by atoms with Crippen molar-refractivity contribution in [2.75, 3.05) is 13.1 Å². The van der Waals surface area contributed by atoms with Crippen LogP contribution in [0.25, 0.3) is 10.4 Å². The maximum Gasteiger partial charge on any atom is 0.320 e. The third-order valence-electron chi connectivity index (χ3n) is 1.86. The number of nitrogens with two attached hydrogens (primary N) is 1. The molecule has 1 unspecified atom stereocenters. The van der Waals surface area contributed by atoms with Crippen LogP contribution in [-0.4, -0.2) is 36.1 Å². The van der Waals surface area contributed by atoms with E-state index in [4.69, 9.17) is 16.4 Å². The number of aliphatic carboxylic acids is 1. The summed E-state index contributed by atoms with van der Waals surface area (Å²) in [7, 11) is 0. The van der Waals surface area contributed by atoms with Gasteiger partial charge in [0.1, 0.15) is 12.6 Å². The van der Waals surface area contributed by atoms with E-state index in [1.807, 2.05) is 0 Å². The van der Waals surface area contributed by atoms with Crippen LogP contribution in [-0.2, 0) is 9.59 Å². The number of nitrogens with one attached hydrogen (secondary N) is 1. The fraction of sp³-hybridized carbons (Fsp3) is 0.750.